The van der Waals surface area contributed by atoms with Crippen LogP contribution in [0.1, 0.15) is 22.7 Å². The van der Waals surface area contributed by atoms with E-state index in [9.17, 15) is 21.6 Å². The van der Waals surface area contributed by atoms with Crippen molar-refractivity contribution in [2.24, 2.45) is 0 Å². The molecule has 3 aromatic carbocycles. The highest BCUT2D eigenvalue weighted by molar-refractivity contribution is 7.92. The lowest BCUT2D eigenvalue weighted by Crippen LogP contribution is -2.42. The van der Waals surface area contributed by atoms with E-state index in [4.69, 9.17) is 4.74 Å². The van der Waals surface area contributed by atoms with Crippen LogP contribution in [0.15, 0.2) is 83.8 Å². The lowest BCUT2D eigenvalue weighted by Gasteiger charge is -2.27. The number of anilines is 1. The lowest BCUT2D eigenvalue weighted by atomic mass is 9.98. The van der Waals surface area contributed by atoms with E-state index >= 15 is 0 Å². The Labute approximate surface area is 224 Å². The van der Waals surface area contributed by atoms with E-state index < -0.39 is 38.5 Å². The van der Waals surface area contributed by atoms with Crippen LogP contribution in [0.25, 0.3) is 0 Å². The van der Waals surface area contributed by atoms with E-state index in [-0.39, 0.29) is 23.7 Å². The van der Waals surface area contributed by atoms with Gasteiger partial charge in [-0.1, -0.05) is 60.2 Å². The molecule has 202 valence electrons. The van der Waals surface area contributed by atoms with Gasteiger partial charge in [0.25, 0.3) is 0 Å². The number of carbonyl (C=O) groups excluding carboxylic acids is 1. The molecule has 1 unspecified atom stereocenters. The van der Waals surface area contributed by atoms with Crippen LogP contribution in [0.2, 0.25) is 0 Å². The number of ether oxygens (including phenoxy) is 1. The van der Waals surface area contributed by atoms with Crippen LogP contribution in [0, 0.1) is 6.92 Å². The maximum Gasteiger partial charge on any atom is 0.243 e. The van der Waals surface area contributed by atoms with Crippen molar-refractivity contribution in [2.75, 3.05) is 43.4 Å². The van der Waals surface area contributed by atoms with Crippen LogP contribution in [0.4, 0.5) is 5.69 Å². The standard InChI is InChI=1S/C27H31N3O6S2/c1-21-8-10-23(11-9-21)27(22-6-4-3-5-7-22)28-26(31)20-30(37(2,32)33)24-12-14-25(15-13-24)38(34,35)29-16-18-36-19-17-29/h3-15,27H,16-20H2,1-2H3,(H,28,31). The van der Waals surface area contributed by atoms with Crippen molar-refractivity contribution in [3.8, 4) is 0 Å². The van der Waals surface area contributed by atoms with Gasteiger partial charge in [-0.15, -0.1) is 0 Å². The van der Waals surface area contributed by atoms with Gasteiger partial charge < -0.3 is 10.1 Å². The van der Waals surface area contributed by atoms with Crippen LogP contribution in [0.3, 0.4) is 0 Å². The Morgan fingerprint density at radius 1 is 0.895 bits per heavy atom. The molecule has 1 fully saturated rings. The molecule has 1 atom stereocenters. The first-order valence-corrected chi connectivity index (χ1v) is 15.4. The molecule has 0 aromatic heterocycles. The Bertz CT molecular complexity index is 1450. The van der Waals surface area contributed by atoms with Gasteiger partial charge in [-0.05, 0) is 42.3 Å². The summed E-state index contributed by atoms with van der Waals surface area (Å²) in [5.41, 5.74) is 2.98. The van der Waals surface area contributed by atoms with E-state index in [1.54, 1.807) is 0 Å². The number of morpholine rings is 1. The molecule has 1 aliphatic rings. The Balaban J connectivity index is 1.56. The zero-order chi connectivity index (χ0) is 27.3. The van der Waals surface area contributed by atoms with Gasteiger partial charge in [-0.3, -0.25) is 9.10 Å². The Kier molecular flexibility index (Phi) is 8.51. The van der Waals surface area contributed by atoms with Gasteiger partial charge in [0.05, 0.1) is 36.1 Å². The minimum atomic E-state index is -3.86. The summed E-state index contributed by atoms with van der Waals surface area (Å²) in [6.07, 6.45) is 1.01. The molecule has 3 aromatic rings. The zero-order valence-electron chi connectivity index (χ0n) is 21.3. The summed E-state index contributed by atoms with van der Waals surface area (Å²) in [4.78, 5) is 13.2. The number of aryl methyl sites for hydroxylation is 1. The predicted octanol–water partition coefficient (Wildman–Crippen LogP) is 2.69. The molecular weight excluding hydrogens is 526 g/mol. The Morgan fingerprint density at radius 2 is 1.47 bits per heavy atom. The van der Waals surface area contributed by atoms with Gasteiger partial charge in [0.2, 0.25) is 26.0 Å². The highest BCUT2D eigenvalue weighted by atomic mass is 32.2. The fourth-order valence-electron chi connectivity index (χ4n) is 4.22. The molecule has 0 radical (unpaired) electrons. The van der Waals surface area contributed by atoms with Gasteiger partial charge in [0.15, 0.2) is 0 Å². The second kappa shape index (κ2) is 11.6. The molecule has 0 bridgehead atoms. The molecule has 11 heteroatoms. The van der Waals surface area contributed by atoms with Crippen molar-refractivity contribution >= 4 is 31.6 Å². The number of amides is 1. The summed E-state index contributed by atoms with van der Waals surface area (Å²) >= 11 is 0. The Morgan fingerprint density at radius 3 is 2.05 bits per heavy atom. The number of carbonyl (C=O) groups is 1. The first-order valence-electron chi connectivity index (χ1n) is 12.1. The molecule has 0 aliphatic carbocycles. The van der Waals surface area contributed by atoms with E-state index in [2.05, 4.69) is 5.32 Å². The van der Waals surface area contributed by atoms with Gasteiger partial charge in [-0.2, -0.15) is 4.31 Å². The molecule has 1 amide bonds. The first-order chi connectivity index (χ1) is 18.1. The van der Waals surface area contributed by atoms with Crippen molar-refractivity contribution in [2.45, 2.75) is 17.9 Å². The minimum absolute atomic E-state index is 0.0459. The molecule has 0 saturated carbocycles. The molecule has 0 spiro atoms. The number of nitrogens with one attached hydrogen (secondary N) is 1. The average molecular weight is 558 g/mol. The normalized spacial score (nSPS) is 15.5. The topological polar surface area (TPSA) is 113 Å². The first kappa shape index (κ1) is 27.8. The average Bonchev–Trinajstić information content (AvgIpc) is 2.91. The molecule has 4 rings (SSSR count). The third-order valence-corrected chi connectivity index (χ3v) is 9.32. The number of nitrogens with zero attached hydrogens (tertiary/aromatic N) is 2. The molecule has 38 heavy (non-hydrogen) atoms. The molecular formula is C27H31N3O6S2. The zero-order valence-corrected chi connectivity index (χ0v) is 22.9. The molecule has 1 heterocycles. The van der Waals surface area contributed by atoms with Crippen molar-refractivity contribution in [1.82, 2.24) is 9.62 Å². The fourth-order valence-corrected chi connectivity index (χ4v) is 6.49. The van der Waals surface area contributed by atoms with Crippen molar-refractivity contribution in [3.63, 3.8) is 0 Å². The molecule has 1 saturated heterocycles. The largest absolute Gasteiger partial charge is 0.379 e. The third kappa shape index (κ3) is 6.60. The highest BCUT2D eigenvalue weighted by Crippen LogP contribution is 2.25. The second-order valence-corrected chi connectivity index (χ2v) is 12.9. The number of sulfonamides is 2. The van der Waals surface area contributed by atoms with Crippen LogP contribution in [-0.4, -0.2) is 66.2 Å². The number of rotatable bonds is 9. The van der Waals surface area contributed by atoms with E-state index in [0.717, 1.165) is 27.3 Å². The van der Waals surface area contributed by atoms with E-state index in [0.29, 0.717) is 13.2 Å². The van der Waals surface area contributed by atoms with Crippen LogP contribution in [-0.2, 0) is 29.6 Å². The fraction of sp³-hybridized carbons (Fsp3) is 0.296. The summed E-state index contributed by atoms with van der Waals surface area (Å²) in [7, 11) is -7.59. The summed E-state index contributed by atoms with van der Waals surface area (Å²) in [6, 6.07) is 22.2. The molecule has 1 aliphatic heterocycles. The monoisotopic (exact) mass is 557 g/mol. The summed E-state index contributed by atoms with van der Waals surface area (Å²) in [5.74, 6) is -0.505. The van der Waals surface area contributed by atoms with Crippen LogP contribution in [0.5, 0.6) is 0 Å². The third-order valence-electron chi connectivity index (χ3n) is 6.27. The van der Waals surface area contributed by atoms with Crippen LogP contribution < -0.4 is 9.62 Å². The van der Waals surface area contributed by atoms with Gasteiger partial charge >= 0.3 is 0 Å². The van der Waals surface area contributed by atoms with E-state index in [1.165, 1.54) is 28.6 Å². The maximum absolute atomic E-state index is 13.2. The molecule has 9 nitrogen and oxygen atoms in total. The van der Waals surface area contributed by atoms with Gasteiger partial charge in [-0.25, -0.2) is 16.8 Å². The quantitative estimate of drug-likeness (QED) is 0.433. The minimum Gasteiger partial charge on any atom is -0.379 e. The van der Waals surface area contributed by atoms with Gasteiger partial charge in [0.1, 0.15) is 6.54 Å². The lowest BCUT2D eigenvalue weighted by molar-refractivity contribution is -0.120. The van der Waals surface area contributed by atoms with Crippen LogP contribution >= 0.6 is 0 Å². The summed E-state index contributed by atoms with van der Waals surface area (Å²) < 4.78 is 58.7. The smallest absolute Gasteiger partial charge is 0.243 e. The summed E-state index contributed by atoms with van der Waals surface area (Å²) in [5, 5.41) is 2.96. The van der Waals surface area contributed by atoms with Crippen molar-refractivity contribution < 1.29 is 26.4 Å². The SMILES string of the molecule is Cc1ccc(C(NC(=O)CN(c2ccc(S(=O)(=O)N3CCOCC3)cc2)S(C)(=O)=O)c2ccccc2)cc1. The van der Waals surface area contributed by atoms with Crippen molar-refractivity contribution in [1.29, 1.82) is 0 Å². The predicted molar refractivity (Wildman–Crippen MR) is 146 cm³/mol. The number of benzene rings is 3. The summed E-state index contributed by atoms with van der Waals surface area (Å²) in [6.45, 7) is 2.65. The van der Waals surface area contributed by atoms with Crippen molar-refractivity contribution in [3.05, 3.63) is 95.6 Å². The number of hydrogen-bond donors (Lipinski definition) is 1. The van der Waals surface area contributed by atoms with E-state index in [1.807, 2.05) is 61.5 Å². The second-order valence-electron chi connectivity index (χ2n) is 9.10. The Hall–Kier alpha value is -3.25. The van der Waals surface area contributed by atoms with Gasteiger partial charge in [0, 0.05) is 13.1 Å². The molecule has 1 N–H and O–H groups in total. The highest BCUT2D eigenvalue weighted by Gasteiger charge is 2.28. The number of hydrogen-bond acceptors (Lipinski definition) is 6. The maximum atomic E-state index is 13.2.